The molecule has 0 radical (unpaired) electrons. The van der Waals surface area contributed by atoms with E-state index >= 15 is 0 Å². The molecule has 0 unspecified atom stereocenters. The van der Waals surface area contributed by atoms with Gasteiger partial charge in [-0.25, -0.2) is 4.98 Å². The third-order valence-corrected chi connectivity index (χ3v) is 4.14. The van der Waals surface area contributed by atoms with E-state index in [1.54, 1.807) is 0 Å². The molecule has 0 bridgehead atoms. The molecule has 0 spiro atoms. The van der Waals surface area contributed by atoms with Crippen molar-refractivity contribution in [3.63, 3.8) is 0 Å². The summed E-state index contributed by atoms with van der Waals surface area (Å²) in [5.74, 6) is 0.522. The van der Waals surface area contributed by atoms with Crippen LogP contribution in [0.1, 0.15) is 45.5 Å². The molecule has 0 aliphatic heterocycles. The number of carbonyl (C=O) groups excluding carboxylic acids is 1. The average Bonchev–Trinajstić information content (AvgIpc) is 3.19. The summed E-state index contributed by atoms with van der Waals surface area (Å²) < 4.78 is 7.38. The van der Waals surface area contributed by atoms with Gasteiger partial charge >= 0.3 is 5.97 Å². The Morgan fingerprint density at radius 3 is 2.81 bits per heavy atom. The van der Waals surface area contributed by atoms with Gasteiger partial charge in [0.05, 0.1) is 17.6 Å². The lowest BCUT2D eigenvalue weighted by Gasteiger charge is -2.23. The molecule has 1 fully saturated rings. The van der Waals surface area contributed by atoms with Crippen molar-refractivity contribution >= 4 is 28.6 Å². The third-order valence-electron chi connectivity index (χ3n) is 3.91. The zero-order chi connectivity index (χ0) is 15.2. The number of imidazole rings is 1. The van der Waals surface area contributed by atoms with Crippen LogP contribution in [-0.4, -0.2) is 22.1 Å². The second-order valence-corrected chi connectivity index (χ2v) is 6.45. The van der Waals surface area contributed by atoms with Crippen molar-refractivity contribution in [2.24, 2.45) is 0 Å². The van der Waals surface area contributed by atoms with E-state index in [1.165, 1.54) is 0 Å². The predicted octanol–water partition coefficient (Wildman–Crippen LogP) is 3.87. The van der Waals surface area contributed by atoms with Crippen molar-refractivity contribution < 1.29 is 9.53 Å². The Hall–Kier alpha value is -1.55. The lowest BCUT2D eigenvalue weighted by molar-refractivity contribution is -0.149. The topological polar surface area (TPSA) is 44.1 Å². The summed E-state index contributed by atoms with van der Waals surface area (Å²) >= 11 is 6.12. The maximum atomic E-state index is 12.3. The van der Waals surface area contributed by atoms with Crippen LogP contribution in [0.3, 0.4) is 0 Å². The van der Waals surface area contributed by atoms with Crippen LogP contribution in [0.25, 0.3) is 11.0 Å². The summed E-state index contributed by atoms with van der Waals surface area (Å²) in [4.78, 5) is 17.0. The van der Waals surface area contributed by atoms with Crippen LogP contribution in [0, 0.1) is 0 Å². The predicted molar refractivity (Wildman–Crippen MR) is 82.7 cm³/mol. The van der Waals surface area contributed by atoms with Crippen LogP contribution in [0.15, 0.2) is 18.2 Å². The largest absolute Gasteiger partial charge is 0.465 e. The number of hydrogen-bond acceptors (Lipinski definition) is 3. The van der Waals surface area contributed by atoms with Crippen LogP contribution in [0.2, 0.25) is 5.02 Å². The fourth-order valence-electron chi connectivity index (χ4n) is 2.61. The minimum atomic E-state index is -0.774. The molecule has 1 aliphatic rings. The van der Waals surface area contributed by atoms with E-state index in [1.807, 2.05) is 39.0 Å². The first-order valence-electron chi connectivity index (χ1n) is 7.30. The SMILES string of the molecule is CCOC(=O)C(C)(C)c1nc2ccc(Cl)cc2n1C1CC1. The smallest absolute Gasteiger partial charge is 0.319 e. The first-order chi connectivity index (χ1) is 9.95. The third kappa shape index (κ3) is 2.42. The van der Waals surface area contributed by atoms with Crippen molar-refractivity contribution in [3.05, 3.63) is 29.0 Å². The fourth-order valence-corrected chi connectivity index (χ4v) is 2.78. The minimum Gasteiger partial charge on any atom is -0.465 e. The lowest BCUT2D eigenvalue weighted by Crippen LogP contribution is -2.34. The molecule has 1 aromatic heterocycles. The lowest BCUT2D eigenvalue weighted by atomic mass is 9.92. The van der Waals surface area contributed by atoms with Gasteiger partial charge in [0.2, 0.25) is 0 Å². The van der Waals surface area contributed by atoms with Crippen LogP contribution in [0.5, 0.6) is 0 Å². The van der Waals surface area contributed by atoms with Crippen LogP contribution in [0.4, 0.5) is 0 Å². The fraction of sp³-hybridized carbons (Fsp3) is 0.500. The molecule has 112 valence electrons. The number of benzene rings is 1. The van der Waals surface area contributed by atoms with Crippen molar-refractivity contribution in [1.29, 1.82) is 0 Å². The van der Waals surface area contributed by atoms with E-state index in [0.29, 0.717) is 17.7 Å². The summed E-state index contributed by atoms with van der Waals surface area (Å²) in [6.45, 7) is 5.93. The van der Waals surface area contributed by atoms with E-state index in [-0.39, 0.29) is 5.97 Å². The molecule has 2 aromatic rings. The van der Waals surface area contributed by atoms with Gasteiger partial charge in [0.25, 0.3) is 0 Å². The molecular formula is C16H19ClN2O2. The normalized spacial score (nSPS) is 15.4. The molecule has 0 saturated heterocycles. The second-order valence-electron chi connectivity index (χ2n) is 6.02. The number of carbonyl (C=O) groups is 1. The summed E-state index contributed by atoms with van der Waals surface area (Å²) in [6, 6.07) is 6.07. The van der Waals surface area contributed by atoms with E-state index in [4.69, 9.17) is 21.3 Å². The molecule has 1 heterocycles. The van der Waals surface area contributed by atoms with Crippen molar-refractivity contribution in [2.45, 2.75) is 45.1 Å². The monoisotopic (exact) mass is 306 g/mol. The maximum Gasteiger partial charge on any atom is 0.319 e. The quantitative estimate of drug-likeness (QED) is 0.806. The number of hydrogen-bond donors (Lipinski definition) is 0. The molecular weight excluding hydrogens is 288 g/mol. The van der Waals surface area contributed by atoms with Crippen LogP contribution >= 0.6 is 11.6 Å². The van der Waals surface area contributed by atoms with Gasteiger partial charge in [-0.15, -0.1) is 0 Å². The molecule has 0 atom stereocenters. The highest BCUT2D eigenvalue weighted by atomic mass is 35.5. The number of rotatable bonds is 4. The Bertz CT molecular complexity index is 702. The number of aromatic nitrogens is 2. The van der Waals surface area contributed by atoms with Crippen LogP contribution < -0.4 is 0 Å². The van der Waals surface area contributed by atoms with Gasteiger partial charge < -0.3 is 9.30 Å². The van der Waals surface area contributed by atoms with Crippen molar-refractivity contribution in [3.8, 4) is 0 Å². The van der Waals surface area contributed by atoms with E-state index in [9.17, 15) is 4.79 Å². The zero-order valence-corrected chi connectivity index (χ0v) is 13.3. The summed E-state index contributed by atoms with van der Waals surface area (Å²) in [6.07, 6.45) is 2.23. The highest BCUT2D eigenvalue weighted by Gasteiger charge is 2.40. The molecule has 0 N–H and O–H groups in total. The van der Waals surface area contributed by atoms with Gasteiger partial charge in [-0.2, -0.15) is 0 Å². The Labute approximate surface area is 129 Å². The zero-order valence-electron chi connectivity index (χ0n) is 12.5. The number of nitrogens with zero attached hydrogens (tertiary/aromatic N) is 2. The van der Waals surface area contributed by atoms with Crippen molar-refractivity contribution in [1.82, 2.24) is 9.55 Å². The first kappa shape index (κ1) is 14.4. The van der Waals surface area contributed by atoms with Gasteiger partial charge in [-0.05, 0) is 51.8 Å². The molecule has 1 saturated carbocycles. The van der Waals surface area contributed by atoms with Gasteiger partial charge in [0, 0.05) is 11.1 Å². The van der Waals surface area contributed by atoms with Gasteiger partial charge in [-0.3, -0.25) is 4.79 Å². The minimum absolute atomic E-state index is 0.242. The Balaban J connectivity index is 2.17. The molecule has 1 aliphatic carbocycles. The average molecular weight is 307 g/mol. The summed E-state index contributed by atoms with van der Waals surface area (Å²) in [5.41, 5.74) is 1.10. The van der Waals surface area contributed by atoms with Crippen molar-refractivity contribution in [2.75, 3.05) is 6.61 Å². The highest BCUT2D eigenvalue weighted by Crippen LogP contribution is 2.42. The summed E-state index contributed by atoms with van der Waals surface area (Å²) in [5, 5.41) is 0.685. The molecule has 5 heteroatoms. The number of ether oxygens (including phenoxy) is 1. The molecule has 3 rings (SSSR count). The maximum absolute atomic E-state index is 12.3. The molecule has 1 aromatic carbocycles. The number of halogens is 1. The van der Waals surface area contributed by atoms with Gasteiger partial charge in [0.15, 0.2) is 0 Å². The molecule has 21 heavy (non-hydrogen) atoms. The van der Waals surface area contributed by atoms with Gasteiger partial charge in [0.1, 0.15) is 11.2 Å². The second kappa shape index (κ2) is 5.02. The Morgan fingerprint density at radius 2 is 2.19 bits per heavy atom. The molecule has 4 nitrogen and oxygen atoms in total. The highest BCUT2D eigenvalue weighted by molar-refractivity contribution is 6.31. The number of fused-ring (bicyclic) bond motifs is 1. The first-order valence-corrected chi connectivity index (χ1v) is 7.68. The van der Waals surface area contributed by atoms with E-state index in [0.717, 1.165) is 29.7 Å². The summed E-state index contributed by atoms with van der Waals surface area (Å²) in [7, 11) is 0. The van der Waals surface area contributed by atoms with E-state index in [2.05, 4.69) is 4.57 Å². The standard InChI is InChI=1S/C16H19ClN2O2/c1-4-21-15(20)16(2,3)14-18-12-8-5-10(17)9-13(12)19(14)11-6-7-11/h5,8-9,11H,4,6-7H2,1-3H3. The molecule has 0 amide bonds. The van der Waals surface area contributed by atoms with Gasteiger partial charge in [-0.1, -0.05) is 11.6 Å². The van der Waals surface area contributed by atoms with Crippen LogP contribution in [-0.2, 0) is 14.9 Å². The van der Waals surface area contributed by atoms with E-state index < -0.39 is 5.41 Å². The Kier molecular flexibility index (Phi) is 3.44. The number of esters is 1. The Morgan fingerprint density at radius 1 is 1.48 bits per heavy atom.